The van der Waals surface area contributed by atoms with Crippen LogP contribution in [0.4, 0.5) is 0 Å². The van der Waals surface area contributed by atoms with Crippen LogP contribution < -0.4 is 0 Å². The van der Waals surface area contributed by atoms with Crippen LogP contribution in [-0.4, -0.2) is 23.3 Å². The van der Waals surface area contributed by atoms with Crippen molar-refractivity contribution in [1.82, 2.24) is 0 Å². The summed E-state index contributed by atoms with van der Waals surface area (Å²) in [6, 6.07) is 0. The Balaban J connectivity index is 1.46. The molecule has 2 unspecified atom stereocenters. The molecule has 4 aliphatic carbocycles. The fourth-order valence-corrected chi connectivity index (χ4v) is 8.91. The lowest BCUT2D eigenvalue weighted by atomic mass is 9.47. The van der Waals surface area contributed by atoms with Gasteiger partial charge in [-0.1, -0.05) is 46.3 Å². The molecule has 182 valence electrons. The number of aliphatic hydroxyl groups excluding tert-OH is 1. The van der Waals surface area contributed by atoms with Crippen LogP contribution in [0.1, 0.15) is 106 Å². The quantitative estimate of drug-likeness (QED) is 0.357. The van der Waals surface area contributed by atoms with E-state index in [4.69, 9.17) is 4.74 Å². The molecule has 0 aromatic carbocycles. The highest BCUT2D eigenvalue weighted by Crippen LogP contribution is 2.67. The summed E-state index contributed by atoms with van der Waals surface area (Å²) in [5.41, 5.74) is 2.37. The lowest BCUT2D eigenvalue weighted by Gasteiger charge is -2.58. The molecule has 0 aliphatic heterocycles. The van der Waals surface area contributed by atoms with E-state index < -0.39 is 0 Å². The Morgan fingerprint density at radius 3 is 2.53 bits per heavy atom. The Labute approximate surface area is 196 Å². The van der Waals surface area contributed by atoms with Crippen LogP contribution >= 0.6 is 0 Å². The zero-order valence-electron chi connectivity index (χ0n) is 21.5. The molecular formula is C29H48O3. The Kier molecular flexibility index (Phi) is 6.90. The fraction of sp³-hybridized carbons (Fsp3) is 0.897. The number of fused-ring (bicyclic) bond motifs is 5. The molecule has 0 bridgehead atoms. The van der Waals surface area contributed by atoms with Gasteiger partial charge < -0.3 is 9.84 Å². The first-order valence-corrected chi connectivity index (χ1v) is 13.6. The van der Waals surface area contributed by atoms with E-state index in [0.717, 1.165) is 42.9 Å². The van der Waals surface area contributed by atoms with E-state index in [0.29, 0.717) is 22.7 Å². The van der Waals surface area contributed by atoms with Gasteiger partial charge >= 0.3 is 5.97 Å². The van der Waals surface area contributed by atoms with E-state index in [1.807, 2.05) is 0 Å². The third-order valence-corrected chi connectivity index (χ3v) is 10.8. The number of carbonyl (C=O) groups excluding carboxylic acids is 1. The van der Waals surface area contributed by atoms with Gasteiger partial charge in [0.2, 0.25) is 0 Å². The third-order valence-electron chi connectivity index (χ3n) is 10.8. The van der Waals surface area contributed by atoms with E-state index in [-0.39, 0.29) is 18.2 Å². The molecule has 4 aliphatic rings. The van der Waals surface area contributed by atoms with Crippen LogP contribution in [0, 0.1) is 46.3 Å². The van der Waals surface area contributed by atoms with Crippen molar-refractivity contribution in [3.63, 3.8) is 0 Å². The van der Waals surface area contributed by atoms with Gasteiger partial charge in [0.05, 0.1) is 6.10 Å². The van der Waals surface area contributed by atoms with Crippen molar-refractivity contribution in [1.29, 1.82) is 0 Å². The summed E-state index contributed by atoms with van der Waals surface area (Å²) < 4.78 is 5.60. The van der Waals surface area contributed by atoms with E-state index in [1.165, 1.54) is 44.9 Å². The zero-order valence-corrected chi connectivity index (χ0v) is 21.5. The maximum atomic E-state index is 11.5. The second-order valence-corrected chi connectivity index (χ2v) is 12.8. The van der Waals surface area contributed by atoms with E-state index in [2.05, 4.69) is 40.7 Å². The monoisotopic (exact) mass is 444 g/mol. The average molecular weight is 445 g/mol. The molecule has 1 N–H and O–H groups in total. The van der Waals surface area contributed by atoms with Crippen LogP contribution in [0.3, 0.4) is 0 Å². The molecule has 3 saturated carbocycles. The number of hydrogen-bond donors (Lipinski definition) is 1. The molecule has 3 heteroatoms. The van der Waals surface area contributed by atoms with Gasteiger partial charge in [0.1, 0.15) is 6.10 Å². The van der Waals surface area contributed by atoms with Gasteiger partial charge in [-0.3, -0.25) is 4.79 Å². The van der Waals surface area contributed by atoms with Gasteiger partial charge in [0.25, 0.3) is 0 Å². The lowest BCUT2D eigenvalue weighted by molar-refractivity contribution is -0.148. The fourth-order valence-electron chi connectivity index (χ4n) is 8.91. The standard InChI is InChI=1S/C29H48O3/c1-18(2)27(31)12-7-19(3)24-10-11-25-23-9-8-21-17-22(32-20(4)30)13-15-28(21,5)26(23)14-16-29(24,25)6/h8,18-19,22-27,31H,7,9-17H2,1-6H3/t19-,22?,23+,24-,25+,26+,27?,28+,29-/m1/s1. The highest BCUT2D eigenvalue weighted by Gasteiger charge is 2.59. The number of allylic oxidation sites excluding steroid dienone is 1. The molecule has 0 radical (unpaired) electrons. The normalized spacial score (nSPS) is 43.0. The van der Waals surface area contributed by atoms with Gasteiger partial charge in [-0.25, -0.2) is 0 Å². The first-order chi connectivity index (χ1) is 15.1. The summed E-state index contributed by atoms with van der Waals surface area (Å²) >= 11 is 0. The lowest BCUT2D eigenvalue weighted by Crippen LogP contribution is -2.51. The molecule has 0 aromatic rings. The molecule has 0 spiro atoms. The molecule has 0 saturated heterocycles. The smallest absolute Gasteiger partial charge is 0.302 e. The van der Waals surface area contributed by atoms with Crippen LogP contribution in [0.5, 0.6) is 0 Å². The number of hydrogen-bond acceptors (Lipinski definition) is 3. The Bertz CT molecular complexity index is 726. The molecule has 0 aromatic heterocycles. The summed E-state index contributed by atoms with van der Waals surface area (Å²) in [7, 11) is 0. The second kappa shape index (κ2) is 9.08. The summed E-state index contributed by atoms with van der Waals surface area (Å²) in [5, 5.41) is 10.3. The zero-order chi connectivity index (χ0) is 23.3. The number of esters is 1. The number of aliphatic hydroxyl groups is 1. The largest absolute Gasteiger partial charge is 0.462 e. The molecule has 0 heterocycles. The van der Waals surface area contributed by atoms with Crippen molar-refractivity contribution < 1.29 is 14.6 Å². The topological polar surface area (TPSA) is 46.5 Å². The molecule has 9 atom stereocenters. The van der Waals surface area contributed by atoms with E-state index in [9.17, 15) is 9.90 Å². The molecule has 32 heavy (non-hydrogen) atoms. The summed E-state index contributed by atoms with van der Waals surface area (Å²) in [5.74, 6) is 4.23. The van der Waals surface area contributed by atoms with Crippen molar-refractivity contribution in [3.05, 3.63) is 11.6 Å². The highest BCUT2D eigenvalue weighted by molar-refractivity contribution is 5.66. The van der Waals surface area contributed by atoms with Crippen LogP contribution in [0.25, 0.3) is 0 Å². The minimum absolute atomic E-state index is 0.0927. The van der Waals surface area contributed by atoms with Crippen molar-refractivity contribution in [2.75, 3.05) is 0 Å². The minimum atomic E-state index is -0.151. The second-order valence-electron chi connectivity index (χ2n) is 12.8. The molecular weight excluding hydrogens is 396 g/mol. The van der Waals surface area contributed by atoms with E-state index >= 15 is 0 Å². The Hall–Kier alpha value is -0.830. The maximum Gasteiger partial charge on any atom is 0.302 e. The predicted molar refractivity (Wildman–Crippen MR) is 130 cm³/mol. The SMILES string of the molecule is CC(=O)OC1CC[C@@]2(C)C(=CC[C@H]3[C@@H]4CC[C@H]([C@H](C)CCC(O)C(C)C)[C@@]4(C)CC[C@@H]32)C1. The summed E-state index contributed by atoms with van der Waals surface area (Å²) in [6.07, 6.45) is 14.5. The van der Waals surface area contributed by atoms with Crippen LogP contribution in [-0.2, 0) is 9.53 Å². The van der Waals surface area contributed by atoms with Gasteiger partial charge in [0.15, 0.2) is 0 Å². The summed E-state index contributed by atoms with van der Waals surface area (Å²) in [4.78, 5) is 11.5. The molecule has 3 fully saturated rings. The molecule has 0 amide bonds. The van der Waals surface area contributed by atoms with Gasteiger partial charge in [-0.15, -0.1) is 0 Å². The number of rotatable bonds is 6. The van der Waals surface area contributed by atoms with Gasteiger partial charge in [-0.05, 0) is 104 Å². The van der Waals surface area contributed by atoms with Gasteiger partial charge in [-0.2, -0.15) is 0 Å². The Morgan fingerprint density at radius 1 is 1.09 bits per heavy atom. The van der Waals surface area contributed by atoms with E-state index in [1.54, 1.807) is 12.5 Å². The van der Waals surface area contributed by atoms with Crippen molar-refractivity contribution in [2.45, 2.75) is 118 Å². The number of carbonyl (C=O) groups is 1. The first kappa shape index (κ1) is 24.3. The molecule has 3 nitrogen and oxygen atoms in total. The number of ether oxygens (including phenoxy) is 1. The van der Waals surface area contributed by atoms with Gasteiger partial charge in [0, 0.05) is 13.3 Å². The van der Waals surface area contributed by atoms with Crippen molar-refractivity contribution in [3.8, 4) is 0 Å². The van der Waals surface area contributed by atoms with Crippen LogP contribution in [0.15, 0.2) is 11.6 Å². The predicted octanol–water partition coefficient (Wildman–Crippen LogP) is 6.93. The molecule has 4 rings (SSSR count). The van der Waals surface area contributed by atoms with Crippen LogP contribution in [0.2, 0.25) is 0 Å². The Morgan fingerprint density at radius 2 is 1.84 bits per heavy atom. The average Bonchev–Trinajstić information content (AvgIpc) is 3.08. The highest BCUT2D eigenvalue weighted by atomic mass is 16.5. The van der Waals surface area contributed by atoms with Crippen molar-refractivity contribution >= 4 is 5.97 Å². The summed E-state index contributed by atoms with van der Waals surface area (Å²) in [6.45, 7) is 13.4. The maximum absolute atomic E-state index is 11.5. The third kappa shape index (κ3) is 4.21. The minimum Gasteiger partial charge on any atom is -0.462 e. The first-order valence-electron chi connectivity index (χ1n) is 13.6. The van der Waals surface area contributed by atoms with Crippen molar-refractivity contribution in [2.24, 2.45) is 46.3 Å².